The molecule has 3 atom stereocenters. The summed E-state index contributed by atoms with van der Waals surface area (Å²) in [6, 6.07) is 25.9. The standard InChI is InChI=1S/C48H56N4O/c1-10-11-14-36-21-22-49-46(25-36)51-43-16-13-12-15-41(43)42-19-18-39(29-45(42)51)53-40-27-37(31(4)5)26-38(28-40)52-44(20-17-30(2)3)48(35(9)50-52)47-33(7)23-32(6)24-34(47)8/h12-13,15-16,18-19,21-23,25-30,32,34,47H,4,10-11,14,17,20,24H2,1-3,5-9H3/t32-,34-,47-/m0/s1. The van der Waals surface area contributed by atoms with Crippen LogP contribution in [0.1, 0.15) is 108 Å². The van der Waals surface area contributed by atoms with Gasteiger partial charge in [0.2, 0.25) is 0 Å². The minimum absolute atomic E-state index is 0.377. The summed E-state index contributed by atoms with van der Waals surface area (Å²) in [5, 5.41) is 7.68. The largest absolute Gasteiger partial charge is 0.457 e. The fourth-order valence-electron chi connectivity index (χ4n) is 8.70. The molecular formula is C48H56N4O. The summed E-state index contributed by atoms with van der Waals surface area (Å²) in [5.74, 6) is 4.60. The number of allylic oxidation sites excluding steroid dienone is 3. The summed E-state index contributed by atoms with van der Waals surface area (Å²) in [6.07, 6.45) is 11.1. The molecule has 53 heavy (non-hydrogen) atoms. The van der Waals surface area contributed by atoms with Crippen LogP contribution in [0.4, 0.5) is 0 Å². The van der Waals surface area contributed by atoms with Crippen LogP contribution >= 0.6 is 0 Å². The van der Waals surface area contributed by atoms with Gasteiger partial charge in [0.05, 0.1) is 22.4 Å². The molecule has 5 heteroatoms. The SMILES string of the molecule is C=C(C)c1cc(Oc2ccc3c4ccccc4n(-c4cc(CCCC)ccn4)c3c2)cc(-n2nc(C)c([C@H]3C(C)=C[C@H](C)C[C@@H]3C)c2CCC(C)C)c1. The van der Waals surface area contributed by atoms with E-state index in [9.17, 15) is 0 Å². The molecule has 5 nitrogen and oxygen atoms in total. The third kappa shape index (κ3) is 7.36. The summed E-state index contributed by atoms with van der Waals surface area (Å²) in [7, 11) is 0. The molecule has 274 valence electrons. The number of pyridine rings is 1. The van der Waals surface area contributed by atoms with E-state index in [1.165, 1.54) is 46.0 Å². The fraction of sp³-hybridized carbons (Fsp3) is 0.375. The lowest BCUT2D eigenvalue weighted by atomic mass is 9.72. The Hall–Kier alpha value is -4.90. The van der Waals surface area contributed by atoms with Crippen LogP contribution in [0.5, 0.6) is 11.5 Å². The van der Waals surface area contributed by atoms with Gasteiger partial charge in [-0.15, -0.1) is 0 Å². The number of aryl methyl sites for hydroxylation is 2. The van der Waals surface area contributed by atoms with Gasteiger partial charge >= 0.3 is 0 Å². The first kappa shape index (κ1) is 36.5. The molecular weight excluding hydrogens is 649 g/mol. The van der Waals surface area contributed by atoms with E-state index in [4.69, 9.17) is 14.8 Å². The summed E-state index contributed by atoms with van der Waals surface area (Å²) in [5.41, 5.74) is 11.9. The van der Waals surface area contributed by atoms with Crippen LogP contribution in [-0.4, -0.2) is 19.3 Å². The quantitative estimate of drug-likeness (QED) is 0.119. The Kier molecular flexibility index (Phi) is 10.5. The minimum atomic E-state index is 0.377. The molecule has 0 saturated heterocycles. The van der Waals surface area contributed by atoms with E-state index in [-0.39, 0.29) is 0 Å². The summed E-state index contributed by atoms with van der Waals surface area (Å²) in [6.45, 7) is 22.6. The molecule has 3 aromatic carbocycles. The fourth-order valence-corrected chi connectivity index (χ4v) is 8.70. The smallest absolute Gasteiger partial charge is 0.137 e. The zero-order valence-electron chi connectivity index (χ0n) is 33.0. The molecule has 0 N–H and O–H groups in total. The average molecular weight is 705 g/mol. The highest BCUT2D eigenvalue weighted by Crippen LogP contribution is 2.44. The second-order valence-electron chi connectivity index (χ2n) is 16.1. The van der Waals surface area contributed by atoms with Crippen molar-refractivity contribution in [3.05, 3.63) is 125 Å². The lowest BCUT2D eigenvalue weighted by Crippen LogP contribution is -2.21. The van der Waals surface area contributed by atoms with Crippen LogP contribution in [0.15, 0.2) is 97.2 Å². The first-order valence-electron chi connectivity index (χ1n) is 19.8. The van der Waals surface area contributed by atoms with E-state index >= 15 is 0 Å². The number of para-hydroxylation sites is 1. The lowest BCUT2D eigenvalue weighted by molar-refractivity contribution is 0.389. The first-order chi connectivity index (χ1) is 25.5. The Morgan fingerprint density at radius 3 is 2.47 bits per heavy atom. The predicted molar refractivity (Wildman–Crippen MR) is 223 cm³/mol. The minimum Gasteiger partial charge on any atom is -0.457 e. The number of rotatable bonds is 12. The van der Waals surface area contributed by atoms with E-state index in [2.05, 4.69) is 150 Å². The number of unbranched alkanes of at least 4 members (excludes halogenated alkanes) is 1. The second-order valence-corrected chi connectivity index (χ2v) is 16.1. The molecule has 0 aliphatic heterocycles. The molecule has 6 aromatic rings. The van der Waals surface area contributed by atoms with Crippen LogP contribution in [0.25, 0.3) is 38.9 Å². The normalized spacial score (nSPS) is 17.5. The Bertz CT molecular complexity index is 2320. The molecule has 0 unspecified atom stereocenters. The maximum absolute atomic E-state index is 6.82. The maximum atomic E-state index is 6.82. The zero-order valence-corrected chi connectivity index (χ0v) is 33.0. The van der Waals surface area contributed by atoms with Crippen LogP contribution in [0, 0.1) is 24.7 Å². The number of ether oxygens (including phenoxy) is 1. The second kappa shape index (κ2) is 15.2. The van der Waals surface area contributed by atoms with Gasteiger partial charge in [0.15, 0.2) is 0 Å². The molecule has 0 bridgehead atoms. The van der Waals surface area contributed by atoms with Gasteiger partial charge < -0.3 is 4.74 Å². The third-order valence-electron chi connectivity index (χ3n) is 11.2. The number of hydrogen-bond donors (Lipinski definition) is 0. The van der Waals surface area contributed by atoms with Gasteiger partial charge in [0, 0.05) is 46.3 Å². The molecule has 1 aliphatic rings. The van der Waals surface area contributed by atoms with E-state index in [0.29, 0.717) is 23.7 Å². The van der Waals surface area contributed by atoms with Crippen molar-refractivity contribution in [1.29, 1.82) is 0 Å². The topological polar surface area (TPSA) is 44.9 Å². The van der Waals surface area contributed by atoms with E-state index in [1.54, 1.807) is 0 Å². The van der Waals surface area contributed by atoms with E-state index in [1.807, 2.05) is 6.20 Å². The summed E-state index contributed by atoms with van der Waals surface area (Å²) in [4.78, 5) is 4.87. The highest BCUT2D eigenvalue weighted by molar-refractivity contribution is 6.09. The first-order valence-corrected chi connectivity index (χ1v) is 19.8. The summed E-state index contributed by atoms with van der Waals surface area (Å²) < 4.78 is 11.3. The van der Waals surface area contributed by atoms with Crippen molar-refractivity contribution in [2.75, 3.05) is 0 Å². The lowest BCUT2D eigenvalue weighted by Gasteiger charge is -2.33. The van der Waals surface area contributed by atoms with Crippen LogP contribution in [0.2, 0.25) is 0 Å². The molecule has 0 saturated carbocycles. The van der Waals surface area contributed by atoms with Gasteiger partial charge in [-0.2, -0.15) is 5.10 Å². The molecule has 3 heterocycles. The van der Waals surface area contributed by atoms with Crippen molar-refractivity contribution < 1.29 is 4.74 Å². The van der Waals surface area contributed by atoms with Crippen molar-refractivity contribution in [2.45, 2.75) is 99.8 Å². The number of benzene rings is 3. The van der Waals surface area contributed by atoms with Crippen molar-refractivity contribution in [3.8, 4) is 23.0 Å². The van der Waals surface area contributed by atoms with Crippen molar-refractivity contribution >= 4 is 27.4 Å². The maximum Gasteiger partial charge on any atom is 0.137 e. The van der Waals surface area contributed by atoms with Crippen molar-refractivity contribution in [3.63, 3.8) is 0 Å². The van der Waals surface area contributed by atoms with E-state index in [0.717, 1.165) is 76.6 Å². The number of aromatic nitrogens is 4. The highest BCUT2D eigenvalue weighted by Gasteiger charge is 2.32. The number of nitrogens with zero attached hydrogens (tertiary/aromatic N) is 4. The monoisotopic (exact) mass is 704 g/mol. The Balaban J connectivity index is 1.33. The van der Waals surface area contributed by atoms with Crippen LogP contribution < -0.4 is 4.74 Å². The Labute approximate surface area is 316 Å². The van der Waals surface area contributed by atoms with Gasteiger partial charge in [0.1, 0.15) is 17.3 Å². The predicted octanol–water partition coefficient (Wildman–Crippen LogP) is 13.1. The average Bonchev–Trinajstić information content (AvgIpc) is 3.63. The number of fused-ring (bicyclic) bond motifs is 3. The van der Waals surface area contributed by atoms with Gasteiger partial charge in [0.25, 0.3) is 0 Å². The molecule has 0 spiro atoms. The molecule has 7 rings (SSSR count). The van der Waals surface area contributed by atoms with Crippen molar-refractivity contribution in [1.82, 2.24) is 19.3 Å². The van der Waals surface area contributed by atoms with E-state index < -0.39 is 0 Å². The Morgan fingerprint density at radius 2 is 1.72 bits per heavy atom. The molecule has 0 fully saturated rings. The molecule has 1 aliphatic carbocycles. The van der Waals surface area contributed by atoms with Gasteiger partial charge in [-0.05, 0) is 124 Å². The van der Waals surface area contributed by atoms with Crippen molar-refractivity contribution in [2.24, 2.45) is 17.8 Å². The van der Waals surface area contributed by atoms with Crippen LogP contribution in [-0.2, 0) is 12.8 Å². The highest BCUT2D eigenvalue weighted by atomic mass is 16.5. The molecule has 3 aromatic heterocycles. The van der Waals surface area contributed by atoms with Gasteiger partial charge in [-0.3, -0.25) is 4.57 Å². The summed E-state index contributed by atoms with van der Waals surface area (Å²) >= 11 is 0. The zero-order chi connectivity index (χ0) is 37.4. The molecule has 0 radical (unpaired) electrons. The van der Waals surface area contributed by atoms with Crippen LogP contribution in [0.3, 0.4) is 0 Å². The Morgan fingerprint density at radius 1 is 0.925 bits per heavy atom. The van der Waals surface area contributed by atoms with Gasteiger partial charge in [-0.25, -0.2) is 9.67 Å². The third-order valence-corrected chi connectivity index (χ3v) is 11.2. The van der Waals surface area contributed by atoms with Gasteiger partial charge in [-0.1, -0.05) is 83.0 Å². The molecule has 0 amide bonds. The number of hydrogen-bond acceptors (Lipinski definition) is 3.